The number of hydrogen-bond acceptors (Lipinski definition) is 2. The highest BCUT2D eigenvalue weighted by atomic mass is 16.4. The summed E-state index contributed by atoms with van der Waals surface area (Å²) in [5.74, 6) is -1.14. The van der Waals surface area contributed by atoms with E-state index in [9.17, 15) is 4.79 Å². The van der Waals surface area contributed by atoms with Gasteiger partial charge in [0.15, 0.2) is 0 Å². The van der Waals surface area contributed by atoms with E-state index in [1.54, 1.807) is 13.0 Å². The molecule has 0 fully saturated rings. The van der Waals surface area contributed by atoms with Crippen molar-refractivity contribution in [3.63, 3.8) is 0 Å². The lowest BCUT2D eigenvalue weighted by atomic mass is 10.1. The van der Waals surface area contributed by atoms with Gasteiger partial charge in [0.1, 0.15) is 11.6 Å². The van der Waals surface area contributed by atoms with Crippen LogP contribution >= 0.6 is 0 Å². The average Bonchev–Trinajstić information content (AvgIpc) is 1.88. The molecule has 0 saturated heterocycles. The first kappa shape index (κ1) is 8.70. The molecule has 0 saturated carbocycles. The van der Waals surface area contributed by atoms with Crippen molar-refractivity contribution in [2.24, 2.45) is 0 Å². The molecule has 0 bridgehead atoms. The molecule has 0 amide bonds. The van der Waals surface area contributed by atoms with Crippen LogP contribution in [0.15, 0.2) is 11.1 Å². The molecular formula is C7H9NO2. The lowest BCUT2D eigenvalue weighted by Gasteiger charge is -1.94. The zero-order valence-corrected chi connectivity index (χ0v) is 6.01. The Morgan fingerprint density at radius 2 is 2.20 bits per heavy atom. The topological polar surface area (TPSA) is 61.1 Å². The predicted octanol–water partition coefficient (Wildman–Crippen LogP) is 1.32. The molecule has 0 heterocycles. The minimum absolute atomic E-state index is 0.137. The molecule has 0 aromatic rings. The molecular weight excluding hydrogens is 130 g/mol. The number of nitrogens with zero attached hydrogens (tertiary/aromatic N) is 1. The summed E-state index contributed by atoms with van der Waals surface area (Å²) in [4.78, 5) is 10.3. The number of hydrogen-bond donors (Lipinski definition) is 1. The second-order valence-electron chi connectivity index (χ2n) is 1.93. The number of allylic oxidation sites excluding steroid dienone is 1. The van der Waals surface area contributed by atoms with E-state index in [0.717, 1.165) is 0 Å². The van der Waals surface area contributed by atoms with Crippen LogP contribution in [-0.4, -0.2) is 11.1 Å². The molecule has 0 aromatic carbocycles. The molecule has 1 N–H and O–H groups in total. The molecule has 0 aliphatic carbocycles. The summed E-state index contributed by atoms with van der Waals surface area (Å²) in [6.45, 7) is 3.46. The van der Waals surface area contributed by atoms with E-state index < -0.39 is 5.97 Å². The Kier molecular flexibility index (Phi) is 3.20. The molecule has 0 aromatic heterocycles. The Bertz CT molecular complexity index is 210. The first-order valence-electron chi connectivity index (χ1n) is 2.96. The van der Waals surface area contributed by atoms with E-state index in [1.165, 1.54) is 0 Å². The van der Waals surface area contributed by atoms with Crippen molar-refractivity contribution in [3.05, 3.63) is 11.1 Å². The first-order valence-corrected chi connectivity index (χ1v) is 2.96. The molecule has 10 heavy (non-hydrogen) atoms. The van der Waals surface area contributed by atoms with Gasteiger partial charge in [0.05, 0.1) is 0 Å². The minimum Gasteiger partial charge on any atom is -0.477 e. The fourth-order valence-corrected chi connectivity index (χ4v) is 0.503. The number of carbonyl (C=O) groups is 1. The maximum Gasteiger partial charge on any atom is 0.346 e. The maximum atomic E-state index is 10.3. The summed E-state index contributed by atoms with van der Waals surface area (Å²) >= 11 is 0. The van der Waals surface area contributed by atoms with Crippen molar-refractivity contribution in [3.8, 4) is 6.07 Å². The largest absolute Gasteiger partial charge is 0.477 e. The number of carboxylic acid groups (broad SMARTS) is 1. The van der Waals surface area contributed by atoms with Gasteiger partial charge in [-0.2, -0.15) is 5.26 Å². The molecule has 0 aliphatic heterocycles. The Balaban J connectivity index is 4.68. The molecule has 0 spiro atoms. The zero-order chi connectivity index (χ0) is 8.15. The van der Waals surface area contributed by atoms with Crippen LogP contribution in [0.1, 0.15) is 20.3 Å². The molecule has 0 rings (SSSR count). The normalized spacial score (nSPS) is 11.7. The molecule has 54 valence electrons. The van der Waals surface area contributed by atoms with Gasteiger partial charge in [-0.05, 0) is 18.9 Å². The van der Waals surface area contributed by atoms with E-state index >= 15 is 0 Å². The lowest BCUT2D eigenvalue weighted by molar-refractivity contribution is -0.132. The second kappa shape index (κ2) is 3.67. The smallest absolute Gasteiger partial charge is 0.346 e. The van der Waals surface area contributed by atoms with Gasteiger partial charge in [-0.1, -0.05) is 6.92 Å². The van der Waals surface area contributed by atoms with Crippen molar-refractivity contribution in [1.29, 1.82) is 5.26 Å². The quantitative estimate of drug-likeness (QED) is 0.463. The highest BCUT2D eigenvalue weighted by Crippen LogP contribution is 2.06. The number of aliphatic carboxylic acids is 1. The summed E-state index contributed by atoms with van der Waals surface area (Å²) in [7, 11) is 0. The van der Waals surface area contributed by atoms with Crippen LogP contribution in [0.5, 0.6) is 0 Å². The Morgan fingerprint density at radius 1 is 1.70 bits per heavy atom. The second-order valence-corrected chi connectivity index (χ2v) is 1.93. The Morgan fingerprint density at radius 3 is 2.30 bits per heavy atom. The van der Waals surface area contributed by atoms with Crippen LogP contribution in [0.2, 0.25) is 0 Å². The van der Waals surface area contributed by atoms with Crippen LogP contribution in [0.25, 0.3) is 0 Å². The highest BCUT2D eigenvalue weighted by Gasteiger charge is 2.07. The van der Waals surface area contributed by atoms with Crippen LogP contribution < -0.4 is 0 Å². The number of carboxylic acids is 1. The van der Waals surface area contributed by atoms with Gasteiger partial charge < -0.3 is 5.11 Å². The molecule has 3 nitrogen and oxygen atoms in total. The average molecular weight is 139 g/mol. The standard InChI is InChI=1S/C7H9NO2/c1-3-5(2)6(4-8)7(9)10/h3H2,1-2H3,(H,9,10)/b6-5+. The van der Waals surface area contributed by atoms with Crippen LogP contribution in [0.4, 0.5) is 0 Å². The first-order chi connectivity index (χ1) is 4.63. The van der Waals surface area contributed by atoms with Gasteiger partial charge in [-0.15, -0.1) is 0 Å². The summed E-state index contributed by atoms with van der Waals surface area (Å²) in [5.41, 5.74) is 0.484. The fourth-order valence-electron chi connectivity index (χ4n) is 0.503. The predicted molar refractivity (Wildman–Crippen MR) is 36.2 cm³/mol. The van der Waals surface area contributed by atoms with Crippen LogP contribution in [-0.2, 0) is 4.79 Å². The third kappa shape index (κ3) is 1.90. The fraction of sp³-hybridized carbons (Fsp3) is 0.429. The SMILES string of the molecule is CC/C(C)=C(\C#N)C(=O)O. The van der Waals surface area contributed by atoms with Crippen molar-refractivity contribution >= 4 is 5.97 Å². The molecule has 0 unspecified atom stereocenters. The zero-order valence-electron chi connectivity index (χ0n) is 6.01. The Hall–Kier alpha value is -1.30. The van der Waals surface area contributed by atoms with Gasteiger partial charge in [-0.3, -0.25) is 0 Å². The Labute approximate surface area is 59.6 Å². The third-order valence-corrected chi connectivity index (χ3v) is 1.28. The van der Waals surface area contributed by atoms with Crippen molar-refractivity contribution in [2.75, 3.05) is 0 Å². The maximum absolute atomic E-state index is 10.3. The summed E-state index contributed by atoms with van der Waals surface area (Å²) < 4.78 is 0. The van der Waals surface area contributed by atoms with Gasteiger partial charge in [0.2, 0.25) is 0 Å². The third-order valence-electron chi connectivity index (χ3n) is 1.28. The molecule has 3 heteroatoms. The van der Waals surface area contributed by atoms with Gasteiger partial charge in [-0.25, -0.2) is 4.79 Å². The lowest BCUT2D eigenvalue weighted by Crippen LogP contribution is -2.00. The number of nitriles is 1. The van der Waals surface area contributed by atoms with Crippen molar-refractivity contribution < 1.29 is 9.90 Å². The number of rotatable bonds is 2. The summed E-state index contributed by atoms with van der Waals surface area (Å²) in [6.07, 6.45) is 0.606. The minimum atomic E-state index is -1.14. The molecule has 0 radical (unpaired) electrons. The van der Waals surface area contributed by atoms with Crippen molar-refractivity contribution in [2.45, 2.75) is 20.3 Å². The van der Waals surface area contributed by atoms with E-state index in [-0.39, 0.29) is 5.57 Å². The van der Waals surface area contributed by atoms with Crippen molar-refractivity contribution in [1.82, 2.24) is 0 Å². The summed E-state index contributed by atoms with van der Waals surface area (Å²) in [6, 6.07) is 1.63. The van der Waals surface area contributed by atoms with E-state index in [0.29, 0.717) is 12.0 Å². The highest BCUT2D eigenvalue weighted by molar-refractivity contribution is 5.91. The van der Waals surface area contributed by atoms with E-state index in [2.05, 4.69) is 0 Å². The van der Waals surface area contributed by atoms with Crippen LogP contribution in [0, 0.1) is 11.3 Å². The summed E-state index contributed by atoms with van der Waals surface area (Å²) in [5, 5.41) is 16.7. The molecule has 0 atom stereocenters. The van der Waals surface area contributed by atoms with Crippen LogP contribution in [0.3, 0.4) is 0 Å². The van der Waals surface area contributed by atoms with E-state index in [4.69, 9.17) is 10.4 Å². The van der Waals surface area contributed by atoms with Gasteiger partial charge in [0.25, 0.3) is 0 Å². The van der Waals surface area contributed by atoms with Gasteiger partial charge >= 0.3 is 5.97 Å². The monoisotopic (exact) mass is 139 g/mol. The molecule has 0 aliphatic rings. The van der Waals surface area contributed by atoms with Gasteiger partial charge in [0, 0.05) is 0 Å². The van der Waals surface area contributed by atoms with E-state index in [1.807, 2.05) is 6.92 Å².